The van der Waals surface area contributed by atoms with Crippen molar-refractivity contribution in [1.29, 1.82) is 0 Å². The maximum Gasteiger partial charge on any atom is 0.253 e. The second kappa shape index (κ2) is 5.56. The highest BCUT2D eigenvalue weighted by molar-refractivity contribution is 5.93. The number of nitrogens with two attached hydrogens (primary N) is 1. The molecule has 0 bridgehead atoms. The number of benzene rings is 1. The number of nitrogens with zero attached hydrogens (tertiary/aromatic N) is 1. The molecule has 1 heterocycles. The van der Waals surface area contributed by atoms with Gasteiger partial charge in [-0.2, -0.15) is 0 Å². The molecule has 0 radical (unpaired) electrons. The van der Waals surface area contributed by atoms with Gasteiger partial charge < -0.3 is 15.6 Å². The first-order valence-electron chi connectivity index (χ1n) is 5.98. The van der Waals surface area contributed by atoms with E-state index in [9.17, 15) is 14.0 Å². The highest BCUT2D eigenvalue weighted by Gasteiger charge is 2.08. The minimum Gasteiger partial charge on any atom is -0.397 e. The van der Waals surface area contributed by atoms with Crippen molar-refractivity contribution in [2.75, 3.05) is 11.1 Å². The summed E-state index contributed by atoms with van der Waals surface area (Å²) in [7, 11) is 0. The molecule has 0 atom stereocenters. The van der Waals surface area contributed by atoms with E-state index in [1.54, 1.807) is 19.1 Å². The minimum absolute atomic E-state index is 0.128. The molecule has 0 aliphatic heterocycles. The number of aryl methyl sites for hydroxylation is 1. The molecular weight excluding hydrogens is 261 g/mol. The number of nitrogen functional groups attached to an aromatic ring is 1. The first-order valence-corrected chi connectivity index (χ1v) is 5.98. The number of anilines is 2. The van der Waals surface area contributed by atoms with Crippen LogP contribution < -0.4 is 16.6 Å². The van der Waals surface area contributed by atoms with Gasteiger partial charge >= 0.3 is 0 Å². The van der Waals surface area contributed by atoms with Crippen molar-refractivity contribution in [3.8, 4) is 0 Å². The van der Waals surface area contributed by atoms with E-state index >= 15 is 0 Å². The van der Waals surface area contributed by atoms with Gasteiger partial charge in [0.05, 0.1) is 11.4 Å². The molecule has 5 nitrogen and oxygen atoms in total. The Bertz CT molecular complexity index is 710. The lowest BCUT2D eigenvalue weighted by Crippen LogP contribution is -2.28. The molecule has 0 aliphatic carbocycles. The molecule has 1 aromatic carbocycles. The first-order chi connectivity index (χ1) is 9.47. The third-order valence-corrected chi connectivity index (χ3v) is 2.81. The van der Waals surface area contributed by atoms with E-state index in [1.807, 2.05) is 0 Å². The van der Waals surface area contributed by atoms with Crippen LogP contribution in [0.15, 0.2) is 41.3 Å². The van der Waals surface area contributed by atoms with Gasteiger partial charge in [-0.1, -0.05) is 6.07 Å². The van der Waals surface area contributed by atoms with Gasteiger partial charge in [-0.15, -0.1) is 0 Å². The van der Waals surface area contributed by atoms with E-state index in [0.717, 1.165) is 6.07 Å². The summed E-state index contributed by atoms with van der Waals surface area (Å²) in [6.07, 6.45) is 1.53. The lowest BCUT2D eigenvalue weighted by molar-refractivity contribution is -0.116. The van der Waals surface area contributed by atoms with Gasteiger partial charge in [-0.3, -0.25) is 9.59 Å². The van der Waals surface area contributed by atoms with E-state index in [1.165, 1.54) is 22.9 Å². The van der Waals surface area contributed by atoms with Crippen LogP contribution in [-0.2, 0) is 11.3 Å². The second-order valence-electron chi connectivity index (χ2n) is 4.40. The molecule has 1 amide bonds. The molecule has 2 rings (SSSR count). The van der Waals surface area contributed by atoms with Crippen molar-refractivity contribution in [2.45, 2.75) is 13.5 Å². The lowest BCUT2D eigenvalue weighted by atomic mass is 10.2. The standard InChI is InChI=1S/C14H14FN3O2/c1-9-3-2-6-18(14(9)20)8-13(19)17-12-5-4-10(15)7-11(12)16/h2-7H,8,16H2,1H3,(H,17,19). The molecule has 104 valence electrons. The number of hydrogen-bond acceptors (Lipinski definition) is 3. The molecule has 0 saturated carbocycles. The normalized spacial score (nSPS) is 10.3. The fraction of sp³-hybridized carbons (Fsp3) is 0.143. The Morgan fingerprint density at radius 3 is 2.85 bits per heavy atom. The zero-order valence-electron chi connectivity index (χ0n) is 10.9. The molecule has 6 heteroatoms. The van der Waals surface area contributed by atoms with Crippen LogP contribution in [0.4, 0.5) is 15.8 Å². The summed E-state index contributed by atoms with van der Waals surface area (Å²) < 4.78 is 14.2. The van der Waals surface area contributed by atoms with Crippen LogP contribution in [0.25, 0.3) is 0 Å². The van der Waals surface area contributed by atoms with Crippen molar-refractivity contribution >= 4 is 17.3 Å². The second-order valence-corrected chi connectivity index (χ2v) is 4.40. The minimum atomic E-state index is -0.476. The molecule has 2 aromatic rings. The molecule has 0 spiro atoms. The Balaban J connectivity index is 2.13. The van der Waals surface area contributed by atoms with Crippen LogP contribution in [-0.4, -0.2) is 10.5 Å². The smallest absolute Gasteiger partial charge is 0.253 e. The van der Waals surface area contributed by atoms with Gasteiger partial charge in [-0.25, -0.2) is 4.39 Å². The number of pyridine rings is 1. The maximum atomic E-state index is 12.9. The fourth-order valence-electron chi connectivity index (χ4n) is 1.77. The number of aromatic nitrogens is 1. The highest BCUT2D eigenvalue weighted by atomic mass is 19.1. The Hall–Kier alpha value is -2.63. The van der Waals surface area contributed by atoms with Crippen LogP contribution in [0.1, 0.15) is 5.56 Å². The van der Waals surface area contributed by atoms with Gasteiger partial charge in [0.1, 0.15) is 12.4 Å². The van der Waals surface area contributed by atoms with Crippen molar-refractivity contribution in [3.63, 3.8) is 0 Å². The average Bonchev–Trinajstić information content (AvgIpc) is 2.38. The molecular formula is C14H14FN3O2. The van der Waals surface area contributed by atoms with Crippen molar-refractivity contribution in [2.24, 2.45) is 0 Å². The summed E-state index contributed by atoms with van der Waals surface area (Å²) >= 11 is 0. The van der Waals surface area contributed by atoms with Crippen LogP contribution in [0.2, 0.25) is 0 Å². The number of amides is 1. The van der Waals surface area contributed by atoms with E-state index < -0.39 is 11.7 Å². The lowest BCUT2D eigenvalue weighted by Gasteiger charge is -2.09. The van der Waals surface area contributed by atoms with Crippen molar-refractivity contribution in [3.05, 3.63) is 58.3 Å². The molecule has 0 fully saturated rings. The molecule has 1 aromatic heterocycles. The van der Waals surface area contributed by atoms with Gasteiger partial charge in [-0.05, 0) is 31.2 Å². The first kappa shape index (κ1) is 13.8. The summed E-state index contributed by atoms with van der Waals surface area (Å²) in [4.78, 5) is 23.6. The fourth-order valence-corrected chi connectivity index (χ4v) is 1.77. The number of halogens is 1. The monoisotopic (exact) mass is 275 g/mol. The Kier molecular flexibility index (Phi) is 3.84. The van der Waals surface area contributed by atoms with E-state index in [-0.39, 0.29) is 17.8 Å². The van der Waals surface area contributed by atoms with Gasteiger partial charge in [0.15, 0.2) is 0 Å². The third-order valence-electron chi connectivity index (χ3n) is 2.81. The topological polar surface area (TPSA) is 77.1 Å². The summed E-state index contributed by atoms with van der Waals surface area (Å²) in [5.74, 6) is -0.883. The van der Waals surface area contributed by atoms with Crippen LogP contribution in [0, 0.1) is 12.7 Å². The SMILES string of the molecule is Cc1cccn(CC(=O)Nc2ccc(F)cc2N)c1=O. The zero-order valence-corrected chi connectivity index (χ0v) is 10.9. The van der Waals surface area contributed by atoms with Gasteiger partial charge in [0.25, 0.3) is 5.56 Å². The molecule has 0 saturated heterocycles. The number of hydrogen-bond donors (Lipinski definition) is 2. The van der Waals surface area contributed by atoms with Gasteiger partial charge in [0.2, 0.25) is 5.91 Å². The van der Waals surface area contributed by atoms with Gasteiger partial charge in [0, 0.05) is 11.8 Å². The van der Waals surface area contributed by atoms with Crippen LogP contribution in [0.5, 0.6) is 0 Å². The zero-order chi connectivity index (χ0) is 14.7. The molecule has 0 unspecified atom stereocenters. The summed E-state index contributed by atoms with van der Waals surface area (Å²) in [5.41, 5.74) is 6.37. The number of nitrogens with one attached hydrogen (secondary N) is 1. The highest BCUT2D eigenvalue weighted by Crippen LogP contribution is 2.18. The van der Waals surface area contributed by atoms with Crippen LogP contribution >= 0.6 is 0 Å². The molecule has 0 aliphatic rings. The largest absolute Gasteiger partial charge is 0.397 e. The van der Waals surface area contributed by atoms with E-state index in [0.29, 0.717) is 11.3 Å². The average molecular weight is 275 g/mol. The number of rotatable bonds is 3. The molecule has 3 N–H and O–H groups in total. The van der Waals surface area contributed by atoms with Crippen LogP contribution in [0.3, 0.4) is 0 Å². The van der Waals surface area contributed by atoms with Crippen molar-refractivity contribution in [1.82, 2.24) is 4.57 Å². The van der Waals surface area contributed by atoms with E-state index in [2.05, 4.69) is 5.32 Å². The third kappa shape index (κ3) is 3.03. The van der Waals surface area contributed by atoms with E-state index in [4.69, 9.17) is 5.73 Å². The number of carbonyl (C=O) groups excluding carboxylic acids is 1. The predicted octanol–water partition coefficient (Wildman–Crippen LogP) is 1.52. The predicted molar refractivity (Wildman–Crippen MR) is 74.9 cm³/mol. The van der Waals surface area contributed by atoms with Crippen molar-refractivity contribution < 1.29 is 9.18 Å². The quantitative estimate of drug-likeness (QED) is 0.834. The Morgan fingerprint density at radius 1 is 1.40 bits per heavy atom. The molecule has 20 heavy (non-hydrogen) atoms. The summed E-state index contributed by atoms with van der Waals surface area (Å²) in [6.45, 7) is 1.55. The summed E-state index contributed by atoms with van der Waals surface area (Å²) in [5, 5.41) is 2.54. The summed E-state index contributed by atoms with van der Waals surface area (Å²) in [6, 6.07) is 7.06. The Labute approximate surface area is 114 Å². The number of carbonyl (C=O) groups is 1. The maximum absolute atomic E-state index is 12.9. The Morgan fingerprint density at radius 2 is 2.15 bits per heavy atom.